The van der Waals surface area contributed by atoms with Crippen molar-refractivity contribution in [3.05, 3.63) is 12.2 Å². The summed E-state index contributed by atoms with van der Waals surface area (Å²) < 4.78 is 11.0. The van der Waals surface area contributed by atoms with Gasteiger partial charge in [0.05, 0.1) is 17.3 Å². The van der Waals surface area contributed by atoms with Gasteiger partial charge in [0.2, 0.25) is 0 Å². The Morgan fingerprint density at radius 2 is 2.07 bits per heavy atom. The van der Waals surface area contributed by atoms with Gasteiger partial charge in [-0.15, -0.1) is 0 Å². The summed E-state index contributed by atoms with van der Waals surface area (Å²) in [5.41, 5.74) is -0.0264. The largest absolute Gasteiger partial charge is 0.374 e. The summed E-state index contributed by atoms with van der Waals surface area (Å²) in [4.78, 5) is 0. The number of epoxide rings is 1. The fraction of sp³-hybridized carbons (Fsp3) is 0.833. The van der Waals surface area contributed by atoms with E-state index in [0.29, 0.717) is 6.10 Å². The van der Waals surface area contributed by atoms with Crippen molar-refractivity contribution in [1.29, 1.82) is 0 Å². The van der Waals surface area contributed by atoms with Crippen molar-refractivity contribution in [2.24, 2.45) is 0 Å². The highest BCUT2D eigenvalue weighted by Gasteiger charge is 2.47. The molecule has 14 heavy (non-hydrogen) atoms. The second kappa shape index (κ2) is 4.03. The third-order valence-corrected chi connectivity index (χ3v) is 3.05. The molecule has 2 atom stereocenters. The molecule has 0 aromatic rings. The number of rotatable bonds is 5. The third-order valence-electron chi connectivity index (χ3n) is 3.05. The maximum Gasteiger partial charge on any atom is 0.0892 e. The van der Waals surface area contributed by atoms with E-state index in [1.165, 1.54) is 0 Å². The van der Waals surface area contributed by atoms with E-state index in [-0.39, 0.29) is 11.2 Å². The van der Waals surface area contributed by atoms with Crippen molar-refractivity contribution in [2.45, 2.75) is 57.8 Å². The van der Waals surface area contributed by atoms with Gasteiger partial charge in [0.15, 0.2) is 0 Å². The highest BCUT2D eigenvalue weighted by Crippen LogP contribution is 2.39. The van der Waals surface area contributed by atoms with Crippen LogP contribution in [0.2, 0.25) is 0 Å². The van der Waals surface area contributed by atoms with Crippen LogP contribution in [0.1, 0.15) is 40.5 Å². The van der Waals surface area contributed by atoms with Gasteiger partial charge in [-0.05, 0) is 40.5 Å². The van der Waals surface area contributed by atoms with E-state index < -0.39 is 0 Å². The van der Waals surface area contributed by atoms with E-state index in [1.54, 1.807) is 7.11 Å². The average molecular weight is 198 g/mol. The third kappa shape index (κ3) is 2.82. The summed E-state index contributed by atoms with van der Waals surface area (Å²) in [5.74, 6) is 0. The molecular weight excluding hydrogens is 176 g/mol. The number of hydrogen-bond donors (Lipinski definition) is 0. The molecule has 0 aliphatic carbocycles. The zero-order valence-corrected chi connectivity index (χ0v) is 9.96. The molecular formula is C12H22O2. The lowest BCUT2D eigenvalue weighted by atomic mass is 9.95. The van der Waals surface area contributed by atoms with E-state index in [4.69, 9.17) is 9.47 Å². The molecule has 2 heteroatoms. The molecule has 0 unspecified atom stereocenters. The summed E-state index contributed by atoms with van der Waals surface area (Å²) in [6.07, 6.45) is 6.66. The average Bonchev–Trinajstić information content (AvgIpc) is 2.72. The summed E-state index contributed by atoms with van der Waals surface area (Å²) >= 11 is 0. The molecule has 0 radical (unpaired) electrons. The molecule has 0 spiro atoms. The van der Waals surface area contributed by atoms with Crippen LogP contribution in [0, 0.1) is 0 Å². The van der Waals surface area contributed by atoms with Crippen molar-refractivity contribution in [1.82, 2.24) is 0 Å². The fourth-order valence-corrected chi connectivity index (χ4v) is 1.76. The standard InChI is InChI=1S/C12H22O2/c1-6-8-12(4,13-5)9-7-10-11(2,3)14-10/h6,8,10H,7,9H2,1-5H3/b8-6-/t10-,12+/m0/s1. The Morgan fingerprint density at radius 3 is 2.43 bits per heavy atom. The molecule has 1 rings (SSSR count). The molecule has 1 saturated heterocycles. The Bertz CT molecular complexity index is 220. The van der Waals surface area contributed by atoms with Crippen LogP contribution in [-0.4, -0.2) is 24.4 Å². The van der Waals surface area contributed by atoms with E-state index >= 15 is 0 Å². The first kappa shape index (κ1) is 11.7. The van der Waals surface area contributed by atoms with E-state index in [9.17, 15) is 0 Å². The van der Waals surface area contributed by atoms with Gasteiger partial charge in [-0.1, -0.05) is 12.2 Å². The van der Waals surface area contributed by atoms with Gasteiger partial charge in [-0.25, -0.2) is 0 Å². The number of allylic oxidation sites excluding steroid dienone is 1. The molecule has 0 amide bonds. The second-order valence-electron chi connectivity index (χ2n) is 4.77. The molecule has 82 valence electrons. The van der Waals surface area contributed by atoms with Crippen LogP contribution in [0.25, 0.3) is 0 Å². The lowest BCUT2D eigenvalue weighted by Crippen LogP contribution is -2.25. The minimum absolute atomic E-state index is 0.102. The first-order valence-corrected chi connectivity index (χ1v) is 5.30. The van der Waals surface area contributed by atoms with Crippen LogP contribution in [-0.2, 0) is 9.47 Å². The Morgan fingerprint density at radius 1 is 1.50 bits per heavy atom. The van der Waals surface area contributed by atoms with Crippen molar-refractivity contribution in [2.75, 3.05) is 7.11 Å². The van der Waals surface area contributed by atoms with Gasteiger partial charge in [0.1, 0.15) is 0 Å². The SMILES string of the molecule is C/C=C\[C@](C)(CC[C@@H]1OC1(C)C)OC. The smallest absolute Gasteiger partial charge is 0.0892 e. The topological polar surface area (TPSA) is 21.8 Å². The molecule has 0 bridgehead atoms. The zero-order chi connectivity index (χ0) is 10.8. The lowest BCUT2D eigenvalue weighted by Gasteiger charge is -2.24. The molecule has 0 saturated carbocycles. The zero-order valence-electron chi connectivity index (χ0n) is 9.96. The van der Waals surface area contributed by atoms with Crippen LogP contribution in [0.3, 0.4) is 0 Å². The van der Waals surface area contributed by atoms with Crippen LogP contribution in [0.5, 0.6) is 0 Å². The van der Waals surface area contributed by atoms with E-state index in [2.05, 4.69) is 26.8 Å². The fourth-order valence-electron chi connectivity index (χ4n) is 1.76. The summed E-state index contributed by atoms with van der Waals surface area (Å²) in [5, 5.41) is 0. The predicted octanol–water partition coefficient (Wildman–Crippen LogP) is 2.93. The monoisotopic (exact) mass is 198 g/mol. The van der Waals surface area contributed by atoms with Crippen LogP contribution >= 0.6 is 0 Å². The van der Waals surface area contributed by atoms with Crippen molar-refractivity contribution in [3.63, 3.8) is 0 Å². The first-order chi connectivity index (χ1) is 6.43. The van der Waals surface area contributed by atoms with E-state index in [0.717, 1.165) is 12.8 Å². The molecule has 0 aromatic heterocycles. The molecule has 0 aromatic carbocycles. The Balaban J connectivity index is 2.35. The van der Waals surface area contributed by atoms with Gasteiger partial charge < -0.3 is 9.47 Å². The van der Waals surface area contributed by atoms with E-state index in [1.807, 2.05) is 13.0 Å². The normalized spacial score (nSPS) is 29.1. The van der Waals surface area contributed by atoms with Gasteiger partial charge in [0.25, 0.3) is 0 Å². The lowest BCUT2D eigenvalue weighted by molar-refractivity contribution is 0.0378. The van der Waals surface area contributed by atoms with Crippen molar-refractivity contribution >= 4 is 0 Å². The summed E-state index contributed by atoms with van der Waals surface area (Å²) in [6, 6.07) is 0. The Labute approximate surface area is 87.3 Å². The molecule has 1 heterocycles. The van der Waals surface area contributed by atoms with Gasteiger partial charge in [-0.2, -0.15) is 0 Å². The highest BCUT2D eigenvalue weighted by atomic mass is 16.6. The highest BCUT2D eigenvalue weighted by molar-refractivity contribution is 5.01. The molecule has 2 nitrogen and oxygen atoms in total. The summed E-state index contributed by atoms with van der Waals surface area (Å²) in [7, 11) is 1.76. The number of hydrogen-bond acceptors (Lipinski definition) is 2. The number of ether oxygens (including phenoxy) is 2. The quantitative estimate of drug-likeness (QED) is 0.500. The summed E-state index contributed by atoms with van der Waals surface area (Å²) in [6.45, 7) is 8.41. The van der Waals surface area contributed by atoms with Crippen LogP contribution in [0.4, 0.5) is 0 Å². The molecule has 0 N–H and O–H groups in total. The Kier molecular flexibility index (Phi) is 3.38. The number of methoxy groups -OCH3 is 1. The van der Waals surface area contributed by atoms with Crippen LogP contribution in [0.15, 0.2) is 12.2 Å². The maximum atomic E-state index is 5.54. The molecule has 1 aliphatic rings. The predicted molar refractivity (Wildman–Crippen MR) is 58.4 cm³/mol. The van der Waals surface area contributed by atoms with Crippen LogP contribution < -0.4 is 0 Å². The molecule has 1 fully saturated rings. The first-order valence-electron chi connectivity index (χ1n) is 5.30. The van der Waals surface area contributed by atoms with Gasteiger partial charge in [-0.3, -0.25) is 0 Å². The van der Waals surface area contributed by atoms with Gasteiger partial charge in [0, 0.05) is 7.11 Å². The molecule has 1 aliphatic heterocycles. The van der Waals surface area contributed by atoms with Crippen molar-refractivity contribution < 1.29 is 9.47 Å². The van der Waals surface area contributed by atoms with Gasteiger partial charge >= 0.3 is 0 Å². The van der Waals surface area contributed by atoms with Crippen molar-refractivity contribution in [3.8, 4) is 0 Å². The maximum absolute atomic E-state index is 5.54. The minimum Gasteiger partial charge on any atom is -0.374 e. The minimum atomic E-state index is -0.128. The Hall–Kier alpha value is -0.340. The second-order valence-corrected chi connectivity index (χ2v) is 4.77.